The maximum atomic E-state index is 12.7. The van der Waals surface area contributed by atoms with Crippen LogP contribution in [0.2, 0.25) is 0 Å². The van der Waals surface area contributed by atoms with E-state index in [1.54, 1.807) is 7.11 Å². The van der Waals surface area contributed by atoms with Gasteiger partial charge in [-0.2, -0.15) is 8.78 Å². The van der Waals surface area contributed by atoms with Crippen molar-refractivity contribution in [3.05, 3.63) is 42.5 Å². The molecule has 3 rings (SSSR count). The van der Waals surface area contributed by atoms with Gasteiger partial charge in [0.05, 0.1) is 12.9 Å². The first-order valence-corrected chi connectivity index (χ1v) is 7.65. The lowest BCUT2D eigenvalue weighted by Gasteiger charge is -2.04. The predicted octanol–water partition coefficient (Wildman–Crippen LogP) is 3.36. The average molecular weight is 337 g/mol. The smallest absolute Gasteiger partial charge is 0.319 e. The predicted molar refractivity (Wildman–Crippen MR) is 81.4 cm³/mol. The number of benzene rings is 1. The van der Waals surface area contributed by atoms with Gasteiger partial charge in [0.1, 0.15) is 11.6 Å². The maximum Gasteiger partial charge on any atom is 0.319 e. The van der Waals surface area contributed by atoms with Gasteiger partial charge in [-0.3, -0.25) is 9.67 Å². The number of rotatable bonds is 6. The molecule has 0 saturated heterocycles. The molecule has 9 heteroatoms. The lowest BCUT2D eigenvalue weighted by Crippen LogP contribution is -2.02. The lowest BCUT2D eigenvalue weighted by atomic mass is 10.2. The highest BCUT2D eigenvalue weighted by Crippen LogP contribution is 2.24. The molecule has 1 N–H and O–H groups in total. The molecule has 0 saturated carbocycles. The van der Waals surface area contributed by atoms with Crippen molar-refractivity contribution in [1.29, 1.82) is 0 Å². The highest BCUT2D eigenvalue weighted by Gasteiger charge is 2.13. The van der Waals surface area contributed by atoms with E-state index in [2.05, 4.69) is 20.2 Å². The number of imidazole rings is 1. The summed E-state index contributed by atoms with van der Waals surface area (Å²) < 4.78 is 31.4. The molecule has 0 unspecified atom stereocenters. The van der Waals surface area contributed by atoms with E-state index in [0.29, 0.717) is 11.0 Å². The van der Waals surface area contributed by atoms with E-state index in [9.17, 15) is 8.78 Å². The summed E-state index contributed by atoms with van der Waals surface area (Å²) in [4.78, 5) is 8.26. The topological polar surface area (TPSA) is 68.6 Å². The number of hydrogen-bond acceptors (Lipinski definition) is 5. The van der Waals surface area contributed by atoms with Gasteiger partial charge in [0.25, 0.3) is 0 Å². The number of ether oxygens (including phenoxy) is 1. The summed E-state index contributed by atoms with van der Waals surface area (Å²) in [5, 5.41) is 7.38. The number of nitrogens with one attached hydrogen (secondary N) is 1. The van der Waals surface area contributed by atoms with Crippen LogP contribution in [0.1, 0.15) is 12.4 Å². The molecule has 0 aliphatic rings. The van der Waals surface area contributed by atoms with Crippen LogP contribution in [-0.2, 0) is 5.75 Å². The van der Waals surface area contributed by atoms with Crippen molar-refractivity contribution >= 4 is 11.8 Å². The fourth-order valence-corrected chi connectivity index (χ4v) is 2.70. The van der Waals surface area contributed by atoms with Crippen molar-refractivity contribution in [3.63, 3.8) is 0 Å². The minimum Gasteiger partial charge on any atom is -0.497 e. The molecule has 23 heavy (non-hydrogen) atoms. The van der Waals surface area contributed by atoms with Gasteiger partial charge >= 0.3 is 6.55 Å². The van der Waals surface area contributed by atoms with Gasteiger partial charge in [-0.1, -0.05) is 11.8 Å². The van der Waals surface area contributed by atoms with Crippen LogP contribution in [0, 0.1) is 0 Å². The zero-order valence-electron chi connectivity index (χ0n) is 12.1. The molecule has 0 fully saturated rings. The van der Waals surface area contributed by atoms with Gasteiger partial charge in [-0.05, 0) is 24.3 Å². The van der Waals surface area contributed by atoms with Crippen LogP contribution in [0.3, 0.4) is 0 Å². The highest BCUT2D eigenvalue weighted by molar-refractivity contribution is 7.98. The second kappa shape index (κ2) is 6.78. The zero-order valence-corrected chi connectivity index (χ0v) is 12.9. The van der Waals surface area contributed by atoms with Crippen LogP contribution in [0.15, 0.2) is 41.8 Å². The van der Waals surface area contributed by atoms with Gasteiger partial charge in [0, 0.05) is 18.0 Å². The third kappa shape index (κ3) is 3.50. The van der Waals surface area contributed by atoms with Gasteiger partial charge < -0.3 is 4.74 Å². The van der Waals surface area contributed by atoms with E-state index in [1.165, 1.54) is 24.2 Å². The number of halogens is 2. The van der Waals surface area contributed by atoms with E-state index < -0.39 is 6.55 Å². The SMILES string of the molecule is COc1ccc(-c2nc(SCc3nccn3C(F)F)n[nH]2)cc1. The second-order valence-electron chi connectivity index (χ2n) is 4.51. The Kier molecular flexibility index (Phi) is 4.56. The first kappa shape index (κ1) is 15.5. The van der Waals surface area contributed by atoms with E-state index in [-0.39, 0.29) is 11.6 Å². The summed E-state index contributed by atoms with van der Waals surface area (Å²) >= 11 is 1.24. The van der Waals surface area contributed by atoms with Gasteiger partial charge in [0.15, 0.2) is 5.82 Å². The number of aromatic amines is 1. The Hall–Kier alpha value is -2.42. The molecular formula is C14H13F2N5OS. The Bertz CT molecular complexity index is 772. The standard InChI is InChI=1S/C14H13F2N5OS/c1-22-10-4-2-9(3-5-10)12-18-14(20-19-12)23-8-11-17-6-7-21(11)13(15)16/h2-7,13H,8H2,1H3,(H,18,19,20). The molecular weight excluding hydrogens is 324 g/mol. The van der Waals surface area contributed by atoms with E-state index in [1.807, 2.05) is 24.3 Å². The number of hydrogen-bond donors (Lipinski definition) is 1. The van der Waals surface area contributed by atoms with Crippen LogP contribution >= 0.6 is 11.8 Å². The number of methoxy groups -OCH3 is 1. The normalized spacial score (nSPS) is 11.1. The fraction of sp³-hybridized carbons (Fsp3) is 0.214. The van der Waals surface area contributed by atoms with Crippen molar-refractivity contribution in [2.24, 2.45) is 0 Å². The molecule has 0 amide bonds. The minimum atomic E-state index is -2.60. The van der Waals surface area contributed by atoms with Crippen molar-refractivity contribution in [3.8, 4) is 17.1 Å². The minimum absolute atomic E-state index is 0.261. The molecule has 0 aliphatic carbocycles. The summed E-state index contributed by atoms with van der Waals surface area (Å²) in [7, 11) is 1.60. The van der Waals surface area contributed by atoms with Crippen LogP contribution < -0.4 is 4.74 Å². The Balaban J connectivity index is 1.68. The van der Waals surface area contributed by atoms with E-state index in [4.69, 9.17) is 4.74 Å². The molecule has 2 heterocycles. The molecule has 6 nitrogen and oxygen atoms in total. The van der Waals surface area contributed by atoms with Crippen molar-refractivity contribution < 1.29 is 13.5 Å². The highest BCUT2D eigenvalue weighted by atomic mass is 32.2. The van der Waals surface area contributed by atoms with Gasteiger partial charge in [0.2, 0.25) is 5.16 Å². The molecule has 2 aromatic heterocycles. The number of H-pyrrole nitrogens is 1. The quantitative estimate of drug-likeness (QED) is 0.699. The molecule has 0 atom stereocenters. The number of alkyl halides is 2. The Morgan fingerprint density at radius 2 is 2.09 bits per heavy atom. The molecule has 0 spiro atoms. The first-order valence-electron chi connectivity index (χ1n) is 6.67. The zero-order chi connectivity index (χ0) is 16.2. The summed E-state index contributed by atoms with van der Waals surface area (Å²) in [6, 6.07) is 7.36. The molecule has 0 bridgehead atoms. The molecule has 120 valence electrons. The monoisotopic (exact) mass is 337 g/mol. The molecule has 3 aromatic rings. The number of thioether (sulfide) groups is 1. The second-order valence-corrected chi connectivity index (χ2v) is 5.45. The summed E-state index contributed by atoms with van der Waals surface area (Å²) in [6.07, 6.45) is 2.60. The van der Waals surface area contributed by atoms with Crippen LogP contribution in [0.25, 0.3) is 11.4 Å². The Labute approximate surface area is 134 Å². The van der Waals surface area contributed by atoms with Crippen LogP contribution in [0.5, 0.6) is 5.75 Å². The Morgan fingerprint density at radius 1 is 1.30 bits per heavy atom. The maximum absolute atomic E-state index is 12.7. The molecule has 0 aliphatic heterocycles. The van der Waals surface area contributed by atoms with Crippen LogP contribution in [0.4, 0.5) is 8.78 Å². The van der Waals surface area contributed by atoms with Gasteiger partial charge in [-0.15, -0.1) is 5.10 Å². The van der Waals surface area contributed by atoms with E-state index >= 15 is 0 Å². The van der Waals surface area contributed by atoms with Crippen molar-refractivity contribution in [1.82, 2.24) is 24.7 Å². The van der Waals surface area contributed by atoms with Crippen LogP contribution in [-0.4, -0.2) is 31.8 Å². The van der Waals surface area contributed by atoms with Crippen molar-refractivity contribution in [2.75, 3.05) is 7.11 Å². The third-order valence-electron chi connectivity index (χ3n) is 3.12. The first-order chi connectivity index (χ1) is 11.2. The molecule has 0 radical (unpaired) electrons. The Morgan fingerprint density at radius 3 is 2.78 bits per heavy atom. The van der Waals surface area contributed by atoms with E-state index in [0.717, 1.165) is 15.9 Å². The fourth-order valence-electron chi connectivity index (χ4n) is 1.95. The lowest BCUT2D eigenvalue weighted by molar-refractivity contribution is 0.0678. The number of aromatic nitrogens is 5. The summed E-state index contributed by atoms with van der Waals surface area (Å²) in [6.45, 7) is -2.60. The molecule has 1 aromatic carbocycles. The number of nitrogens with zero attached hydrogens (tertiary/aromatic N) is 4. The third-order valence-corrected chi connectivity index (χ3v) is 3.96. The summed E-state index contributed by atoms with van der Waals surface area (Å²) in [5.41, 5.74) is 0.860. The summed E-state index contributed by atoms with van der Waals surface area (Å²) in [5.74, 6) is 1.90. The van der Waals surface area contributed by atoms with Crippen molar-refractivity contribution in [2.45, 2.75) is 17.5 Å². The van der Waals surface area contributed by atoms with Gasteiger partial charge in [-0.25, -0.2) is 9.97 Å². The average Bonchev–Trinajstić information content (AvgIpc) is 3.22. The largest absolute Gasteiger partial charge is 0.497 e.